The molecule has 1 aromatic rings. The molecule has 2 N–H and O–H groups in total. The number of amides is 1. The fraction of sp³-hybridized carbons (Fsp3) is 0.471. The van der Waals surface area contributed by atoms with E-state index in [0.29, 0.717) is 0 Å². The smallest absolute Gasteiger partial charge is 0.307 e. The number of nitrogens with one attached hydrogen (secondary N) is 1. The number of aliphatic carboxylic acids is 1. The van der Waals surface area contributed by atoms with Gasteiger partial charge in [-0.1, -0.05) is 12.2 Å². The molecule has 0 saturated heterocycles. The maximum absolute atomic E-state index is 12.7. The van der Waals surface area contributed by atoms with Gasteiger partial charge < -0.3 is 10.4 Å². The average Bonchev–Trinajstić information content (AvgIpc) is 2.55. The van der Waals surface area contributed by atoms with Crippen LogP contribution in [0.5, 0.6) is 0 Å². The molecule has 22 heavy (non-hydrogen) atoms. The fourth-order valence-corrected chi connectivity index (χ4v) is 3.73. The molecule has 1 amide bonds. The third-order valence-corrected chi connectivity index (χ3v) is 4.90. The Morgan fingerprint density at radius 1 is 1.18 bits per heavy atom. The minimum atomic E-state index is -0.865. The van der Waals surface area contributed by atoms with Crippen molar-refractivity contribution in [1.29, 1.82) is 0 Å². The van der Waals surface area contributed by atoms with Crippen LogP contribution in [0, 0.1) is 23.7 Å². The van der Waals surface area contributed by atoms with Gasteiger partial charge in [0.05, 0.1) is 17.9 Å². The number of aromatic nitrogens is 1. The Kier molecular flexibility index (Phi) is 3.96. The van der Waals surface area contributed by atoms with Gasteiger partial charge in [0.1, 0.15) is 0 Å². The van der Waals surface area contributed by atoms with Gasteiger partial charge in [-0.25, -0.2) is 0 Å². The second-order valence-electron chi connectivity index (χ2n) is 6.19. The molecule has 5 heteroatoms. The molecule has 0 spiro atoms. The van der Waals surface area contributed by atoms with Gasteiger partial charge in [-0.2, -0.15) is 0 Å². The number of fused-ring (bicyclic) bond motifs is 2. The lowest BCUT2D eigenvalue weighted by atomic mass is 9.62. The van der Waals surface area contributed by atoms with Crippen LogP contribution in [-0.2, 0) is 9.59 Å². The molecular weight excluding hydrogens is 280 g/mol. The van der Waals surface area contributed by atoms with Crippen LogP contribution in [0.3, 0.4) is 0 Å². The second-order valence-corrected chi connectivity index (χ2v) is 6.19. The Labute approximate surface area is 129 Å². The molecule has 1 heterocycles. The molecule has 3 aliphatic rings. The van der Waals surface area contributed by atoms with Crippen LogP contribution < -0.4 is 5.32 Å². The third kappa shape index (κ3) is 2.63. The first-order valence-corrected chi connectivity index (χ1v) is 7.69. The van der Waals surface area contributed by atoms with Crippen molar-refractivity contribution in [2.75, 3.05) is 0 Å². The zero-order chi connectivity index (χ0) is 15.7. The molecule has 0 radical (unpaired) electrons. The molecule has 0 aromatic carbocycles. The lowest BCUT2D eigenvalue weighted by molar-refractivity contribution is -0.153. The summed E-state index contributed by atoms with van der Waals surface area (Å²) in [6.07, 6.45) is 9.12. The van der Waals surface area contributed by atoms with Crippen LogP contribution >= 0.6 is 0 Å². The van der Waals surface area contributed by atoms with Crippen LogP contribution in [0.15, 0.2) is 36.7 Å². The lowest BCUT2D eigenvalue weighted by Gasteiger charge is -2.42. The minimum Gasteiger partial charge on any atom is -0.481 e. The Bertz CT molecular complexity index is 599. The highest BCUT2D eigenvalue weighted by Gasteiger charge is 2.48. The zero-order valence-electron chi connectivity index (χ0n) is 12.5. The number of carbonyl (C=O) groups excluding carboxylic acids is 1. The lowest BCUT2D eigenvalue weighted by Crippen LogP contribution is -2.49. The van der Waals surface area contributed by atoms with Crippen molar-refractivity contribution in [3.8, 4) is 0 Å². The first-order valence-electron chi connectivity index (χ1n) is 7.69. The van der Waals surface area contributed by atoms with E-state index in [1.807, 2.05) is 31.2 Å². The summed E-state index contributed by atoms with van der Waals surface area (Å²) in [7, 11) is 0. The minimum absolute atomic E-state index is 0.0190. The topological polar surface area (TPSA) is 79.3 Å². The summed E-state index contributed by atoms with van der Waals surface area (Å²) in [5, 5.41) is 12.5. The van der Waals surface area contributed by atoms with E-state index in [1.54, 1.807) is 12.4 Å². The number of carboxylic acids is 1. The van der Waals surface area contributed by atoms with E-state index in [4.69, 9.17) is 0 Å². The van der Waals surface area contributed by atoms with Crippen LogP contribution in [0.1, 0.15) is 31.4 Å². The van der Waals surface area contributed by atoms with E-state index in [2.05, 4.69) is 10.3 Å². The Hall–Kier alpha value is -2.17. The van der Waals surface area contributed by atoms with Crippen LogP contribution in [-0.4, -0.2) is 22.0 Å². The number of pyridine rings is 1. The molecule has 5 nitrogen and oxygen atoms in total. The van der Waals surface area contributed by atoms with E-state index >= 15 is 0 Å². The first kappa shape index (κ1) is 14.8. The van der Waals surface area contributed by atoms with Crippen molar-refractivity contribution in [3.05, 3.63) is 42.2 Å². The molecule has 1 saturated carbocycles. The van der Waals surface area contributed by atoms with Gasteiger partial charge in [0.2, 0.25) is 5.91 Å². The molecule has 5 atom stereocenters. The summed E-state index contributed by atoms with van der Waals surface area (Å²) in [4.78, 5) is 28.2. The quantitative estimate of drug-likeness (QED) is 0.835. The van der Waals surface area contributed by atoms with Gasteiger partial charge >= 0.3 is 5.97 Å². The van der Waals surface area contributed by atoms with E-state index in [1.165, 1.54) is 0 Å². The third-order valence-electron chi connectivity index (χ3n) is 4.90. The molecule has 116 valence electrons. The van der Waals surface area contributed by atoms with Crippen molar-refractivity contribution >= 4 is 11.9 Å². The van der Waals surface area contributed by atoms with Crippen molar-refractivity contribution in [1.82, 2.24) is 10.3 Å². The molecule has 3 aliphatic carbocycles. The van der Waals surface area contributed by atoms with Gasteiger partial charge in [0, 0.05) is 12.4 Å². The standard InChI is InChI=1S/C17H20N2O3/c1-10(11-6-8-18-9-7-11)19-16(20)14-12-2-4-13(5-3-12)15(14)17(21)22/h2,4,6-10,12-15H,3,5H2,1H3,(H,19,20)(H,21,22)/t10-,12-,13-,14+,15-/m0/s1. The Morgan fingerprint density at radius 2 is 1.77 bits per heavy atom. The first-order chi connectivity index (χ1) is 10.6. The molecular formula is C17H20N2O3. The second kappa shape index (κ2) is 5.91. The Morgan fingerprint density at radius 3 is 2.32 bits per heavy atom. The molecule has 1 fully saturated rings. The van der Waals surface area contributed by atoms with Gasteiger partial charge in [-0.05, 0) is 49.3 Å². The predicted molar refractivity (Wildman–Crippen MR) is 80.8 cm³/mol. The highest BCUT2D eigenvalue weighted by Crippen LogP contribution is 2.45. The van der Waals surface area contributed by atoms with Gasteiger partial charge in [0.25, 0.3) is 0 Å². The SMILES string of the molecule is C[C@H](NC(=O)[C@H]1[C@@H](C(=O)O)[C@H]2C=C[C@H]1CC2)c1ccncc1. The van der Waals surface area contributed by atoms with E-state index in [0.717, 1.165) is 18.4 Å². The van der Waals surface area contributed by atoms with E-state index in [-0.39, 0.29) is 23.8 Å². The Balaban J connectivity index is 1.76. The fourth-order valence-electron chi connectivity index (χ4n) is 3.73. The summed E-state index contributed by atoms with van der Waals surface area (Å²) in [5.41, 5.74) is 0.965. The summed E-state index contributed by atoms with van der Waals surface area (Å²) in [5.74, 6) is -2.07. The van der Waals surface area contributed by atoms with Crippen molar-refractivity contribution < 1.29 is 14.7 Å². The predicted octanol–water partition coefficient (Wildman–Crippen LogP) is 2.17. The largest absolute Gasteiger partial charge is 0.481 e. The number of carboxylic acid groups (broad SMARTS) is 1. The number of hydrogen-bond donors (Lipinski definition) is 2. The summed E-state index contributed by atoms with van der Waals surface area (Å²) in [6, 6.07) is 3.55. The maximum atomic E-state index is 12.7. The monoisotopic (exact) mass is 300 g/mol. The van der Waals surface area contributed by atoms with E-state index in [9.17, 15) is 14.7 Å². The number of nitrogens with zero attached hydrogens (tertiary/aromatic N) is 1. The van der Waals surface area contributed by atoms with Crippen LogP contribution in [0.4, 0.5) is 0 Å². The molecule has 0 aliphatic heterocycles. The van der Waals surface area contributed by atoms with Crippen molar-refractivity contribution in [2.45, 2.75) is 25.8 Å². The van der Waals surface area contributed by atoms with E-state index < -0.39 is 17.8 Å². The molecule has 0 unspecified atom stereocenters. The number of hydrogen-bond acceptors (Lipinski definition) is 3. The summed E-state index contributed by atoms with van der Waals surface area (Å²) in [6.45, 7) is 1.90. The highest BCUT2D eigenvalue weighted by atomic mass is 16.4. The maximum Gasteiger partial charge on any atom is 0.307 e. The van der Waals surface area contributed by atoms with Gasteiger partial charge in [-0.15, -0.1) is 0 Å². The summed E-state index contributed by atoms with van der Waals surface area (Å²) < 4.78 is 0. The number of allylic oxidation sites excluding steroid dienone is 2. The summed E-state index contributed by atoms with van der Waals surface area (Å²) >= 11 is 0. The normalized spacial score (nSPS) is 30.8. The zero-order valence-corrected chi connectivity index (χ0v) is 12.5. The van der Waals surface area contributed by atoms with Gasteiger partial charge in [-0.3, -0.25) is 14.6 Å². The average molecular weight is 300 g/mol. The highest BCUT2D eigenvalue weighted by molar-refractivity contribution is 5.86. The van der Waals surface area contributed by atoms with Gasteiger partial charge in [0.15, 0.2) is 0 Å². The number of carbonyl (C=O) groups is 2. The molecule has 4 rings (SSSR count). The number of rotatable bonds is 4. The van der Waals surface area contributed by atoms with Crippen molar-refractivity contribution in [2.24, 2.45) is 23.7 Å². The van der Waals surface area contributed by atoms with Crippen LogP contribution in [0.25, 0.3) is 0 Å². The van der Waals surface area contributed by atoms with Crippen LogP contribution in [0.2, 0.25) is 0 Å². The van der Waals surface area contributed by atoms with Crippen molar-refractivity contribution in [3.63, 3.8) is 0 Å². The molecule has 2 bridgehead atoms. The molecule has 1 aromatic heterocycles.